The molecule has 0 aliphatic carbocycles. The molecular weight excluding hydrogens is 272 g/mol. The number of benzene rings is 1. The van der Waals surface area contributed by atoms with Gasteiger partial charge in [-0.15, -0.1) is 0 Å². The molecule has 0 spiro atoms. The lowest BCUT2D eigenvalue weighted by atomic mass is 10.1. The van der Waals surface area contributed by atoms with Crippen molar-refractivity contribution >= 4 is 12.1 Å². The highest BCUT2D eigenvalue weighted by Crippen LogP contribution is 2.01. The van der Waals surface area contributed by atoms with Crippen LogP contribution in [0.4, 0.5) is 4.79 Å². The second-order valence-corrected chi connectivity index (χ2v) is 4.50. The molecule has 0 bridgehead atoms. The molecule has 1 atom stereocenters. The fourth-order valence-corrected chi connectivity index (χ4v) is 1.79. The van der Waals surface area contributed by atoms with Crippen LogP contribution < -0.4 is 10.6 Å². The third-order valence-corrected chi connectivity index (χ3v) is 2.99. The van der Waals surface area contributed by atoms with Gasteiger partial charge in [0.25, 0.3) is 0 Å². The van der Waals surface area contributed by atoms with Gasteiger partial charge in [-0.1, -0.05) is 30.3 Å². The molecule has 1 aromatic carbocycles. The summed E-state index contributed by atoms with van der Waals surface area (Å²) in [5, 5.41) is 5.52. The van der Waals surface area contributed by atoms with Gasteiger partial charge in [0.1, 0.15) is 12.6 Å². The predicted octanol–water partition coefficient (Wildman–Crippen LogP) is 1.45. The first kappa shape index (κ1) is 17.0. The molecule has 0 saturated heterocycles. The van der Waals surface area contributed by atoms with Crippen molar-refractivity contribution in [1.82, 2.24) is 10.6 Å². The summed E-state index contributed by atoms with van der Waals surface area (Å²) in [6.07, 6.45) is 0.779. The number of likely N-dealkylation sites (N-methyl/N-ethyl adjacent to an activating group) is 1. The molecule has 0 radical (unpaired) electrons. The number of nitrogens with one attached hydrogen (secondary N) is 2. The number of carbonyl (C=O) groups is 2. The number of amides is 1. The summed E-state index contributed by atoms with van der Waals surface area (Å²) >= 11 is 0. The summed E-state index contributed by atoms with van der Waals surface area (Å²) in [5.74, 6) is -0.302. The Morgan fingerprint density at radius 2 is 1.95 bits per heavy atom. The average Bonchev–Trinajstić information content (AvgIpc) is 2.53. The largest absolute Gasteiger partial charge is 0.468 e. The van der Waals surface area contributed by atoms with E-state index in [2.05, 4.69) is 15.4 Å². The number of alkyl carbamates (subject to hydrolysis) is 1. The van der Waals surface area contributed by atoms with Crippen LogP contribution in [0.1, 0.15) is 18.4 Å². The van der Waals surface area contributed by atoms with Crippen LogP contribution in [0.25, 0.3) is 0 Å². The normalized spacial score (nSPS) is 11.5. The molecule has 21 heavy (non-hydrogen) atoms. The number of rotatable bonds is 8. The zero-order valence-electron chi connectivity index (χ0n) is 12.4. The van der Waals surface area contributed by atoms with Gasteiger partial charge in [0.15, 0.2) is 0 Å². The van der Waals surface area contributed by atoms with E-state index in [1.807, 2.05) is 30.3 Å². The predicted molar refractivity (Wildman–Crippen MR) is 78.7 cm³/mol. The highest BCUT2D eigenvalue weighted by Gasteiger charge is 2.15. The average molecular weight is 294 g/mol. The van der Waals surface area contributed by atoms with E-state index in [0.717, 1.165) is 5.56 Å². The standard InChI is InChI=1S/C15H22N2O4/c1-16-13(14(18)20-2)9-6-10-17-15(19)21-11-12-7-4-3-5-8-12/h3-5,7-8,13,16H,6,9-11H2,1-2H3,(H,17,19). The van der Waals surface area contributed by atoms with E-state index in [-0.39, 0.29) is 18.6 Å². The van der Waals surface area contributed by atoms with Gasteiger partial charge in [-0.3, -0.25) is 4.79 Å². The summed E-state index contributed by atoms with van der Waals surface area (Å²) in [6.45, 7) is 0.691. The molecule has 0 aromatic heterocycles. The Hall–Kier alpha value is -2.08. The molecule has 1 unspecified atom stereocenters. The van der Waals surface area contributed by atoms with Crippen molar-refractivity contribution in [1.29, 1.82) is 0 Å². The zero-order valence-corrected chi connectivity index (χ0v) is 12.4. The third-order valence-electron chi connectivity index (χ3n) is 2.99. The van der Waals surface area contributed by atoms with Gasteiger partial charge in [0, 0.05) is 6.54 Å². The SMILES string of the molecule is CNC(CCCNC(=O)OCc1ccccc1)C(=O)OC. The summed E-state index contributed by atoms with van der Waals surface area (Å²) in [6, 6.07) is 9.12. The van der Waals surface area contributed by atoms with Crippen LogP contribution in [0.5, 0.6) is 0 Å². The van der Waals surface area contributed by atoms with Crippen molar-refractivity contribution in [3.05, 3.63) is 35.9 Å². The molecule has 1 aromatic rings. The highest BCUT2D eigenvalue weighted by atomic mass is 16.5. The smallest absolute Gasteiger partial charge is 0.407 e. The topological polar surface area (TPSA) is 76.7 Å². The van der Waals surface area contributed by atoms with Crippen LogP contribution in [-0.2, 0) is 20.9 Å². The molecule has 0 aliphatic rings. The summed E-state index contributed by atoms with van der Waals surface area (Å²) in [5.41, 5.74) is 0.939. The van der Waals surface area contributed by atoms with Gasteiger partial charge < -0.3 is 20.1 Å². The van der Waals surface area contributed by atoms with E-state index < -0.39 is 6.09 Å². The van der Waals surface area contributed by atoms with Crippen molar-refractivity contribution < 1.29 is 19.1 Å². The second kappa shape index (κ2) is 9.77. The van der Waals surface area contributed by atoms with Crippen molar-refractivity contribution in [3.63, 3.8) is 0 Å². The number of carbonyl (C=O) groups excluding carboxylic acids is 2. The fraction of sp³-hybridized carbons (Fsp3) is 0.467. The lowest BCUT2D eigenvalue weighted by Crippen LogP contribution is -2.36. The molecular formula is C15H22N2O4. The molecule has 1 amide bonds. The van der Waals surface area contributed by atoms with E-state index in [9.17, 15) is 9.59 Å². The van der Waals surface area contributed by atoms with Crippen LogP contribution in [0.15, 0.2) is 30.3 Å². The first-order valence-electron chi connectivity index (χ1n) is 6.87. The lowest BCUT2D eigenvalue weighted by molar-refractivity contribution is -0.143. The second-order valence-electron chi connectivity index (χ2n) is 4.50. The van der Waals surface area contributed by atoms with Crippen LogP contribution >= 0.6 is 0 Å². The van der Waals surface area contributed by atoms with Crippen molar-refractivity contribution in [2.24, 2.45) is 0 Å². The minimum absolute atomic E-state index is 0.244. The van der Waals surface area contributed by atoms with E-state index in [4.69, 9.17) is 4.74 Å². The Morgan fingerprint density at radius 1 is 1.24 bits per heavy atom. The van der Waals surface area contributed by atoms with Gasteiger partial charge in [0.2, 0.25) is 0 Å². The number of methoxy groups -OCH3 is 1. The van der Waals surface area contributed by atoms with Crippen LogP contribution in [0.3, 0.4) is 0 Å². The third kappa shape index (κ3) is 6.76. The van der Waals surface area contributed by atoms with E-state index in [1.54, 1.807) is 7.05 Å². The Morgan fingerprint density at radius 3 is 2.57 bits per heavy atom. The first-order chi connectivity index (χ1) is 10.2. The van der Waals surface area contributed by atoms with Gasteiger partial charge in [-0.2, -0.15) is 0 Å². The Kier molecular flexibility index (Phi) is 7.89. The maximum Gasteiger partial charge on any atom is 0.407 e. The van der Waals surface area contributed by atoms with Crippen molar-refractivity contribution in [3.8, 4) is 0 Å². The van der Waals surface area contributed by atoms with Gasteiger partial charge in [-0.05, 0) is 25.5 Å². The van der Waals surface area contributed by atoms with Crippen molar-refractivity contribution in [2.75, 3.05) is 20.7 Å². The Balaban J connectivity index is 2.14. The number of esters is 1. The fourth-order valence-electron chi connectivity index (χ4n) is 1.79. The van der Waals surface area contributed by atoms with Gasteiger partial charge in [0.05, 0.1) is 7.11 Å². The quantitative estimate of drug-likeness (QED) is 0.560. The van der Waals surface area contributed by atoms with Gasteiger partial charge in [-0.25, -0.2) is 4.79 Å². The maximum absolute atomic E-state index is 11.5. The van der Waals surface area contributed by atoms with Crippen molar-refractivity contribution in [2.45, 2.75) is 25.5 Å². The molecule has 6 nitrogen and oxygen atoms in total. The number of hydrogen-bond acceptors (Lipinski definition) is 5. The maximum atomic E-state index is 11.5. The monoisotopic (exact) mass is 294 g/mol. The molecule has 0 fully saturated rings. The molecule has 2 N–H and O–H groups in total. The number of hydrogen-bond donors (Lipinski definition) is 2. The zero-order chi connectivity index (χ0) is 15.5. The summed E-state index contributed by atoms with van der Waals surface area (Å²) in [7, 11) is 3.05. The molecule has 0 aliphatic heterocycles. The minimum atomic E-state index is -0.460. The van der Waals surface area contributed by atoms with E-state index >= 15 is 0 Å². The molecule has 0 saturated carbocycles. The van der Waals surface area contributed by atoms with E-state index in [1.165, 1.54) is 7.11 Å². The van der Waals surface area contributed by atoms with Crippen LogP contribution in [0, 0.1) is 0 Å². The van der Waals surface area contributed by atoms with Crippen LogP contribution in [-0.4, -0.2) is 38.8 Å². The number of ether oxygens (including phenoxy) is 2. The highest BCUT2D eigenvalue weighted by molar-refractivity contribution is 5.75. The molecule has 0 heterocycles. The lowest BCUT2D eigenvalue weighted by Gasteiger charge is -2.13. The first-order valence-corrected chi connectivity index (χ1v) is 6.87. The molecule has 1 rings (SSSR count). The molecule has 116 valence electrons. The Bertz CT molecular complexity index is 437. The van der Waals surface area contributed by atoms with Gasteiger partial charge >= 0.3 is 12.1 Å². The van der Waals surface area contributed by atoms with E-state index in [0.29, 0.717) is 19.4 Å². The minimum Gasteiger partial charge on any atom is -0.468 e. The molecule has 6 heteroatoms. The summed E-state index contributed by atoms with van der Waals surface area (Å²) < 4.78 is 9.73. The Labute approximate surface area is 124 Å². The van der Waals surface area contributed by atoms with Crippen LogP contribution in [0.2, 0.25) is 0 Å². The summed E-state index contributed by atoms with van der Waals surface area (Å²) in [4.78, 5) is 22.8.